The number of likely N-dealkylation sites (N-methyl/N-ethyl adjacent to an activating group) is 2. The summed E-state index contributed by atoms with van der Waals surface area (Å²) in [5.41, 5.74) is -3.30. The van der Waals surface area contributed by atoms with Crippen LogP contribution in [0.2, 0.25) is 0 Å². The van der Waals surface area contributed by atoms with Gasteiger partial charge in [-0.1, -0.05) is 38.1 Å². The first kappa shape index (κ1) is 62.0. The predicted molar refractivity (Wildman–Crippen MR) is 271 cm³/mol. The maximum Gasteiger partial charge on any atom is 0.311 e. The molecule has 20 nitrogen and oxygen atoms in total. The summed E-state index contributed by atoms with van der Waals surface area (Å²) in [6.45, 7) is 17.5. The van der Waals surface area contributed by atoms with Gasteiger partial charge in [-0.2, -0.15) is 0 Å². The lowest BCUT2D eigenvalue weighted by molar-refractivity contribution is -0.318. The van der Waals surface area contributed by atoms with Gasteiger partial charge in [-0.25, -0.2) is 17.5 Å². The van der Waals surface area contributed by atoms with Crippen LogP contribution in [0.3, 0.4) is 0 Å². The summed E-state index contributed by atoms with van der Waals surface area (Å²) < 4.78 is 83.3. The Hall–Kier alpha value is -2.81. The van der Waals surface area contributed by atoms with Gasteiger partial charge in [0.25, 0.3) is 0 Å². The summed E-state index contributed by atoms with van der Waals surface area (Å²) in [6.07, 6.45) is -6.41. The summed E-state index contributed by atoms with van der Waals surface area (Å²) >= 11 is 0. The average molecular weight is 1070 g/mol. The van der Waals surface area contributed by atoms with E-state index in [-0.39, 0.29) is 43.3 Å². The lowest BCUT2D eigenvalue weighted by atomic mass is 9.77. The number of methoxy groups -OCH3 is 1. The number of alkyl halides is 1. The van der Waals surface area contributed by atoms with Gasteiger partial charge in [0.15, 0.2) is 22.4 Å². The molecule has 74 heavy (non-hydrogen) atoms. The third-order valence-corrected chi connectivity index (χ3v) is 17.0. The second-order valence-corrected chi connectivity index (χ2v) is 24.4. The number of hydrogen-bond donors (Lipinski definition) is 5. The second kappa shape index (κ2) is 25.8. The molecule has 19 atom stereocenters. The zero-order chi connectivity index (χ0) is 55.2. The number of ether oxygens (including phenoxy) is 7. The Kier molecular flexibility index (Phi) is 21.6. The van der Waals surface area contributed by atoms with Crippen molar-refractivity contribution in [3.63, 3.8) is 0 Å². The minimum atomic E-state index is -3.34. The predicted octanol–water partition coefficient (Wildman–Crippen LogP) is 3.24. The third-order valence-electron chi connectivity index (χ3n) is 15.9. The quantitative estimate of drug-likeness (QED) is 0.143. The number of rotatable bonds is 17. The van der Waals surface area contributed by atoms with Crippen molar-refractivity contribution in [2.45, 2.75) is 209 Å². The molecule has 1 aromatic heterocycles. The minimum absolute atomic E-state index is 0.00425. The lowest BCUT2D eigenvalue weighted by Crippen LogP contribution is -2.61. The van der Waals surface area contributed by atoms with Crippen molar-refractivity contribution >= 4 is 15.8 Å². The van der Waals surface area contributed by atoms with Gasteiger partial charge >= 0.3 is 5.97 Å². The van der Waals surface area contributed by atoms with Crippen molar-refractivity contribution in [1.82, 2.24) is 24.8 Å². The molecule has 22 heteroatoms. The van der Waals surface area contributed by atoms with Crippen molar-refractivity contribution in [2.75, 3.05) is 53.8 Å². The Bertz CT molecular complexity index is 2190. The summed E-state index contributed by atoms with van der Waals surface area (Å²) in [4.78, 5) is 18.5. The first-order chi connectivity index (χ1) is 34.5. The Morgan fingerprint density at radius 1 is 0.986 bits per heavy atom. The SMILES string of the molecule is CC[C@H]1OC(=O)[C@H](C)[C@@H](O[C@H]2C[C@@](C)(OC)[C@@H](O)[C@H](C)O2)[C@H](C)[C@@H](O[C@@H]2O[C@H](C)C[C@H](N(C)CCc3cn([C@H](CF)COCc4ccc(S(C)(=O)=O)cc4)nn3)[C@H]2O)[C@](C)(O)C[C@@H](C)CN(C)[C@H](C)[C@@H](O)[C@]1(C)O. The van der Waals surface area contributed by atoms with Crippen LogP contribution in [0.1, 0.15) is 112 Å². The zero-order valence-electron chi connectivity index (χ0n) is 46.0. The number of hydrogen-bond acceptors (Lipinski definition) is 19. The molecule has 0 radical (unpaired) electrons. The van der Waals surface area contributed by atoms with Crippen LogP contribution in [0, 0.1) is 17.8 Å². The van der Waals surface area contributed by atoms with E-state index in [0.717, 1.165) is 11.8 Å². The maximum atomic E-state index is 14.5. The molecule has 0 spiro atoms. The van der Waals surface area contributed by atoms with E-state index < -0.39 is 131 Å². The molecule has 2 aromatic rings. The standard InChI is InChI=1S/C52H88FN5O15S/c1-15-41-52(10,64)45(60)34(6)57(12)26-30(2)23-50(8,63)47(32(4)44(33(5)48(62)71-41)72-42-24-51(9,67-13)46(61)35(7)70-42)73-49-43(59)40(22-31(3)69-49)56(11)21-20-37-27-58(55-54-37)38(25-53)29-68-28-36-16-18-39(19-17-36)74(14,65)66/h16-19,27,30-35,38,40-47,49,59-61,63-64H,15,20-26,28-29H2,1-14H3/t30-,31-,32+,33-,34-,35+,38-,40+,41-,42+,43-,44+,45-,46+,47-,49+,50-,51-,52-/m1/s1. The molecule has 0 unspecified atom stereocenters. The van der Waals surface area contributed by atoms with Crippen molar-refractivity contribution < 1.29 is 76.3 Å². The number of carbonyl (C=O) groups is 1. The van der Waals surface area contributed by atoms with Crippen LogP contribution >= 0.6 is 0 Å². The number of esters is 1. The maximum absolute atomic E-state index is 14.5. The van der Waals surface area contributed by atoms with Crippen molar-refractivity contribution in [3.05, 3.63) is 41.7 Å². The number of aromatic nitrogens is 3. The minimum Gasteiger partial charge on any atom is -0.459 e. The molecular formula is C52H88FN5O15S. The van der Waals surface area contributed by atoms with Crippen molar-refractivity contribution in [2.24, 2.45) is 17.8 Å². The number of nitrogens with zero attached hydrogens (tertiary/aromatic N) is 5. The third kappa shape index (κ3) is 15.1. The van der Waals surface area contributed by atoms with Crippen LogP contribution in [0.4, 0.5) is 4.39 Å². The van der Waals surface area contributed by atoms with Crippen molar-refractivity contribution in [1.29, 1.82) is 0 Å². The molecule has 0 bridgehead atoms. The Balaban J connectivity index is 1.39. The van der Waals surface area contributed by atoms with Gasteiger partial charge in [-0.3, -0.25) is 4.79 Å². The number of sulfone groups is 1. The average Bonchev–Trinajstić information content (AvgIpc) is 3.81. The van der Waals surface area contributed by atoms with Gasteiger partial charge in [0, 0.05) is 63.5 Å². The fourth-order valence-electron chi connectivity index (χ4n) is 11.1. The Morgan fingerprint density at radius 3 is 2.26 bits per heavy atom. The molecule has 3 saturated heterocycles. The molecule has 1 aromatic carbocycles. The van der Waals surface area contributed by atoms with Gasteiger partial charge in [0.2, 0.25) is 0 Å². The fourth-order valence-corrected chi connectivity index (χ4v) is 11.7. The Morgan fingerprint density at radius 2 is 1.65 bits per heavy atom. The number of aliphatic hydroxyl groups is 5. The van der Waals surface area contributed by atoms with E-state index in [9.17, 15) is 43.1 Å². The largest absolute Gasteiger partial charge is 0.459 e. The van der Waals surface area contributed by atoms with Crippen LogP contribution in [0.5, 0.6) is 0 Å². The highest BCUT2D eigenvalue weighted by Crippen LogP contribution is 2.40. The van der Waals surface area contributed by atoms with E-state index in [1.807, 2.05) is 37.7 Å². The number of halogens is 1. The molecule has 0 aliphatic carbocycles. The zero-order valence-corrected chi connectivity index (χ0v) is 46.9. The van der Waals surface area contributed by atoms with Gasteiger partial charge in [-0.05, 0) is 105 Å². The van der Waals surface area contributed by atoms with E-state index in [0.29, 0.717) is 31.6 Å². The van der Waals surface area contributed by atoms with Gasteiger partial charge < -0.3 is 68.5 Å². The summed E-state index contributed by atoms with van der Waals surface area (Å²) in [5, 5.41) is 68.1. The van der Waals surface area contributed by atoms with Gasteiger partial charge in [-0.15, -0.1) is 5.10 Å². The van der Waals surface area contributed by atoms with Crippen LogP contribution in [0.25, 0.3) is 0 Å². The molecule has 0 amide bonds. The van der Waals surface area contributed by atoms with Crippen LogP contribution < -0.4 is 0 Å². The highest BCUT2D eigenvalue weighted by molar-refractivity contribution is 7.90. The fraction of sp³-hybridized carbons (Fsp3) is 0.827. The monoisotopic (exact) mass is 1070 g/mol. The van der Waals surface area contributed by atoms with E-state index in [2.05, 4.69) is 10.3 Å². The van der Waals surface area contributed by atoms with E-state index in [4.69, 9.17) is 33.2 Å². The molecule has 5 N–H and O–H groups in total. The number of benzene rings is 1. The molecule has 3 aliphatic rings. The summed E-state index contributed by atoms with van der Waals surface area (Å²) in [6, 6.07) is 4.45. The summed E-state index contributed by atoms with van der Waals surface area (Å²) in [5.74, 6) is -2.91. The highest BCUT2D eigenvalue weighted by atomic mass is 32.2. The number of carbonyl (C=O) groups excluding carboxylic acids is 1. The van der Waals surface area contributed by atoms with Crippen molar-refractivity contribution in [3.8, 4) is 0 Å². The molecule has 3 aliphatic heterocycles. The summed E-state index contributed by atoms with van der Waals surface area (Å²) in [7, 11) is 1.83. The van der Waals surface area contributed by atoms with Crippen LogP contribution in [-0.2, 0) is 60.8 Å². The van der Waals surface area contributed by atoms with Gasteiger partial charge in [0.05, 0.1) is 65.3 Å². The topological polar surface area (TPSA) is 254 Å². The lowest BCUT2D eigenvalue weighted by Gasteiger charge is -2.49. The Labute approximate surface area is 438 Å². The molecule has 4 heterocycles. The molecule has 424 valence electrons. The second-order valence-electron chi connectivity index (χ2n) is 22.4. The normalized spacial score (nSPS) is 39.0. The first-order valence-corrected chi connectivity index (χ1v) is 28.0. The number of aliphatic hydroxyl groups excluding tert-OH is 3. The van der Waals surface area contributed by atoms with E-state index in [1.54, 1.807) is 66.8 Å². The molecule has 3 fully saturated rings. The smallest absolute Gasteiger partial charge is 0.311 e. The number of cyclic esters (lactones) is 1. The molecular weight excluding hydrogens is 986 g/mol. The van der Waals surface area contributed by atoms with Crippen LogP contribution in [0.15, 0.2) is 35.4 Å². The molecule has 0 saturated carbocycles. The molecule has 5 rings (SSSR count). The van der Waals surface area contributed by atoms with E-state index in [1.165, 1.54) is 30.8 Å². The highest BCUT2D eigenvalue weighted by Gasteiger charge is 2.53. The van der Waals surface area contributed by atoms with E-state index >= 15 is 0 Å². The van der Waals surface area contributed by atoms with Crippen LogP contribution in [-0.4, -0.2) is 209 Å². The van der Waals surface area contributed by atoms with Gasteiger partial charge in [0.1, 0.15) is 42.7 Å². The first-order valence-electron chi connectivity index (χ1n) is 26.1.